The number of aromatic nitrogens is 1. The Morgan fingerprint density at radius 1 is 1.24 bits per heavy atom. The highest BCUT2D eigenvalue weighted by atomic mass is 32.1. The van der Waals surface area contributed by atoms with E-state index in [0.717, 1.165) is 21.1 Å². The van der Waals surface area contributed by atoms with Crippen molar-refractivity contribution in [2.45, 2.75) is 39.8 Å². The van der Waals surface area contributed by atoms with E-state index < -0.39 is 6.04 Å². The van der Waals surface area contributed by atoms with E-state index in [9.17, 15) is 9.59 Å². The summed E-state index contributed by atoms with van der Waals surface area (Å²) in [5, 5.41) is 3.96. The molecule has 2 amide bonds. The number of hydrogen-bond acceptors (Lipinski definition) is 4. The molecule has 1 aliphatic rings. The second-order valence-electron chi connectivity index (χ2n) is 6.26. The largest absolute Gasteiger partial charge is 0.347 e. The topological polar surface area (TPSA) is 62.3 Å². The first-order chi connectivity index (χ1) is 11.8. The van der Waals surface area contributed by atoms with Gasteiger partial charge in [-0.3, -0.25) is 14.5 Å². The predicted molar refractivity (Wildman–Crippen MR) is 99.3 cm³/mol. The number of thiazole rings is 1. The van der Waals surface area contributed by atoms with Crippen molar-refractivity contribution >= 4 is 28.8 Å². The van der Waals surface area contributed by atoms with Crippen molar-refractivity contribution in [3.8, 4) is 0 Å². The highest BCUT2D eigenvalue weighted by Gasteiger charge is 2.37. The maximum atomic E-state index is 12.7. The number of rotatable bonds is 4. The Morgan fingerprint density at radius 3 is 2.44 bits per heavy atom. The first kappa shape index (κ1) is 17.4. The molecular weight excluding hydrogens is 334 g/mol. The zero-order valence-corrected chi connectivity index (χ0v) is 15.6. The van der Waals surface area contributed by atoms with Crippen LogP contribution in [0.5, 0.6) is 0 Å². The monoisotopic (exact) mass is 355 g/mol. The molecule has 3 rings (SSSR count). The Morgan fingerprint density at radius 2 is 1.88 bits per heavy atom. The van der Waals surface area contributed by atoms with Gasteiger partial charge in [-0.2, -0.15) is 0 Å². The summed E-state index contributed by atoms with van der Waals surface area (Å²) in [6.07, 6.45) is 0. The Hall–Kier alpha value is -2.47. The van der Waals surface area contributed by atoms with Crippen LogP contribution in [0.1, 0.15) is 51.4 Å². The van der Waals surface area contributed by atoms with Crippen molar-refractivity contribution in [3.05, 3.63) is 57.6 Å². The summed E-state index contributed by atoms with van der Waals surface area (Å²) >= 11 is 1.58. The smallest absolute Gasteiger partial charge is 0.259 e. The number of amides is 2. The molecule has 1 N–H and O–H groups in total. The van der Waals surface area contributed by atoms with Crippen molar-refractivity contribution < 1.29 is 9.59 Å². The molecule has 1 aliphatic heterocycles. The maximum absolute atomic E-state index is 12.7. The second kappa shape index (κ2) is 6.44. The van der Waals surface area contributed by atoms with E-state index in [2.05, 4.69) is 16.9 Å². The van der Waals surface area contributed by atoms with Crippen molar-refractivity contribution in [2.75, 3.05) is 0 Å². The molecule has 130 valence electrons. The molecule has 0 saturated heterocycles. The van der Waals surface area contributed by atoms with Gasteiger partial charge in [-0.1, -0.05) is 24.8 Å². The van der Waals surface area contributed by atoms with Gasteiger partial charge in [-0.15, -0.1) is 11.3 Å². The van der Waals surface area contributed by atoms with Gasteiger partial charge in [-0.25, -0.2) is 4.98 Å². The van der Waals surface area contributed by atoms with Crippen LogP contribution in [0.25, 0.3) is 5.70 Å². The van der Waals surface area contributed by atoms with Crippen LogP contribution >= 0.6 is 11.3 Å². The first-order valence-corrected chi connectivity index (χ1v) is 8.99. The molecule has 0 radical (unpaired) electrons. The molecule has 1 aromatic carbocycles. The standard InChI is InChI=1S/C19H21N3O2S/c1-10-17(25-14(5)20-10)11(2)21-18(23)13(4)22-12(3)15-8-6-7-9-16(15)19(22)24/h6-9,11,13H,3H2,1-2,4-5H3,(H,21,23)/t11-,13+/m1/s1. The van der Waals surface area contributed by atoms with Gasteiger partial charge in [0.15, 0.2) is 0 Å². The molecule has 6 heteroatoms. The van der Waals surface area contributed by atoms with Crippen LogP contribution < -0.4 is 5.32 Å². The quantitative estimate of drug-likeness (QED) is 0.914. The minimum Gasteiger partial charge on any atom is -0.347 e. The van der Waals surface area contributed by atoms with Gasteiger partial charge in [0.05, 0.1) is 16.7 Å². The average molecular weight is 355 g/mol. The fraction of sp³-hybridized carbons (Fsp3) is 0.316. The molecule has 2 heterocycles. The molecule has 0 fully saturated rings. The van der Waals surface area contributed by atoms with Crippen LogP contribution in [0.4, 0.5) is 0 Å². The zero-order valence-electron chi connectivity index (χ0n) is 14.8. The van der Waals surface area contributed by atoms with Crippen molar-refractivity contribution in [1.29, 1.82) is 0 Å². The first-order valence-electron chi connectivity index (χ1n) is 8.17. The number of hydrogen-bond donors (Lipinski definition) is 1. The Balaban J connectivity index is 1.76. The number of nitrogens with zero attached hydrogens (tertiary/aromatic N) is 2. The van der Waals surface area contributed by atoms with Crippen LogP contribution in [0.3, 0.4) is 0 Å². The van der Waals surface area contributed by atoms with E-state index in [0.29, 0.717) is 11.3 Å². The molecule has 25 heavy (non-hydrogen) atoms. The van der Waals surface area contributed by atoms with E-state index in [1.165, 1.54) is 4.90 Å². The summed E-state index contributed by atoms with van der Waals surface area (Å²) in [7, 11) is 0. The normalized spacial score (nSPS) is 15.9. The highest BCUT2D eigenvalue weighted by molar-refractivity contribution is 7.11. The summed E-state index contributed by atoms with van der Waals surface area (Å²) in [6.45, 7) is 11.5. The van der Waals surface area contributed by atoms with Crippen LogP contribution in [0, 0.1) is 13.8 Å². The molecule has 0 spiro atoms. The third-order valence-corrected chi connectivity index (χ3v) is 5.69. The summed E-state index contributed by atoms with van der Waals surface area (Å²) < 4.78 is 0. The number of fused-ring (bicyclic) bond motifs is 1. The van der Waals surface area contributed by atoms with Gasteiger partial charge >= 0.3 is 0 Å². The van der Waals surface area contributed by atoms with Crippen molar-refractivity contribution in [3.63, 3.8) is 0 Å². The van der Waals surface area contributed by atoms with Gasteiger partial charge in [0.1, 0.15) is 6.04 Å². The van der Waals surface area contributed by atoms with Gasteiger partial charge < -0.3 is 5.32 Å². The van der Waals surface area contributed by atoms with Crippen molar-refractivity contribution in [1.82, 2.24) is 15.2 Å². The Kier molecular flexibility index (Phi) is 4.47. The lowest BCUT2D eigenvalue weighted by Crippen LogP contribution is -2.45. The third-order valence-electron chi connectivity index (χ3n) is 4.44. The maximum Gasteiger partial charge on any atom is 0.259 e. The molecule has 5 nitrogen and oxygen atoms in total. The van der Waals surface area contributed by atoms with Crippen LogP contribution in [-0.4, -0.2) is 27.7 Å². The van der Waals surface area contributed by atoms with E-state index in [4.69, 9.17) is 0 Å². The Bertz CT molecular complexity index is 836. The minimum atomic E-state index is -0.635. The lowest BCUT2D eigenvalue weighted by molar-refractivity contribution is -0.124. The molecule has 1 aromatic heterocycles. The van der Waals surface area contributed by atoms with Gasteiger partial charge in [0, 0.05) is 21.7 Å². The van der Waals surface area contributed by atoms with Gasteiger partial charge in [0.25, 0.3) is 5.91 Å². The SMILES string of the molecule is C=C1c2ccccc2C(=O)N1[C@@H](C)C(=O)N[C@H](C)c1sc(C)nc1C. The Labute approximate surface area is 151 Å². The fourth-order valence-electron chi connectivity index (χ4n) is 3.18. The summed E-state index contributed by atoms with van der Waals surface area (Å²) in [5.41, 5.74) is 2.88. The molecule has 0 unspecified atom stereocenters. The fourth-order valence-corrected chi connectivity index (χ4v) is 4.11. The van der Waals surface area contributed by atoms with Crippen molar-refractivity contribution in [2.24, 2.45) is 0 Å². The lowest BCUT2D eigenvalue weighted by Gasteiger charge is -2.26. The van der Waals surface area contributed by atoms with Gasteiger partial charge in [-0.05, 0) is 33.8 Å². The van der Waals surface area contributed by atoms with E-state index in [1.54, 1.807) is 24.3 Å². The molecule has 2 atom stereocenters. The second-order valence-corrected chi connectivity index (χ2v) is 7.49. The number of carbonyl (C=O) groups excluding carboxylic acids is 2. The minimum absolute atomic E-state index is 0.158. The van der Waals surface area contributed by atoms with Crippen LogP contribution in [0.2, 0.25) is 0 Å². The number of nitrogens with one attached hydrogen (secondary N) is 1. The molecular formula is C19H21N3O2S. The number of carbonyl (C=O) groups is 2. The van der Waals surface area contributed by atoms with E-state index in [-0.39, 0.29) is 17.9 Å². The summed E-state index contributed by atoms with van der Waals surface area (Å²) in [6, 6.07) is 6.50. The molecule has 0 aliphatic carbocycles. The summed E-state index contributed by atoms with van der Waals surface area (Å²) in [4.78, 5) is 32.3. The number of aryl methyl sites for hydroxylation is 2. The average Bonchev–Trinajstić information content (AvgIpc) is 3.04. The van der Waals surface area contributed by atoms with Crippen LogP contribution in [-0.2, 0) is 4.79 Å². The highest BCUT2D eigenvalue weighted by Crippen LogP contribution is 2.33. The molecule has 0 saturated carbocycles. The summed E-state index contributed by atoms with van der Waals surface area (Å²) in [5.74, 6) is -0.388. The lowest BCUT2D eigenvalue weighted by atomic mass is 10.1. The predicted octanol–water partition coefficient (Wildman–Crippen LogP) is 3.45. The number of benzene rings is 1. The van der Waals surface area contributed by atoms with Gasteiger partial charge in [0.2, 0.25) is 5.91 Å². The van der Waals surface area contributed by atoms with Crippen LogP contribution in [0.15, 0.2) is 30.8 Å². The van der Waals surface area contributed by atoms with E-state index in [1.807, 2.05) is 39.0 Å². The zero-order chi connectivity index (χ0) is 18.3. The molecule has 0 bridgehead atoms. The van der Waals surface area contributed by atoms with E-state index >= 15 is 0 Å². The third kappa shape index (κ3) is 2.98. The molecule has 2 aromatic rings.